The van der Waals surface area contributed by atoms with Gasteiger partial charge in [0.1, 0.15) is 5.82 Å². The van der Waals surface area contributed by atoms with Crippen LogP contribution in [0.15, 0.2) is 48.5 Å². The Morgan fingerprint density at radius 1 is 1.09 bits per heavy atom. The van der Waals surface area contributed by atoms with E-state index < -0.39 is 0 Å². The van der Waals surface area contributed by atoms with E-state index in [-0.39, 0.29) is 18.3 Å². The first-order chi connectivity index (χ1) is 11.1. The van der Waals surface area contributed by atoms with Crippen LogP contribution >= 0.6 is 0 Å². The molecule has 0 saturated heterocycles. The summed E-state index contributed by atoms with van der Waals surface area (Å²) in [5, 5.41) is 5.85. The van der Waals surface area contributed by atoms with Gasteiger partial charge in [-0.15, -0.1) is 0 Å². The van der Waals surface area contributed by atoms with Gasteiger partial charge >= 0.3 is 0 Å². The lowest BCUT2D eigenvalue weighted by Crippen LogP contribution is -2.31. The summed E-state index contributed by atoms with van der Waals surface area (Å²) in [5.41, 5.74) is 2.60. The second-order valence-corrected chi connectivity index (χ2v) is 5.49. The summed E-state index contributed by atoms with van der Waals surface area (Å²) in [4.78, 5) is 13.8. The highest BCUT2D eigenvalue weighted by Gasteiger charge is 2.04. The molecule has 0 atom stereocenters. The average molecular weight is 315 g/mol. The van der Waals surface area contributed by atoms with Crippen molar-refractivity contribution in [3.05, 3.63) is 59.9 Å². The highest BCUT2D eigenvalue weighted by atomic mass is 19.1. The number of amides is 1. The van der Waals surface area contributed by atoms with E-state index in [1.165, 1.54) is 6.07 Å². The van der Waals surface area contributed by atoms with Crippen LogP contribution in [0.4, 0.5) is 15.8 Å². The van der Waals surface area contributed by atoms with Crippen molar-refractivity contribution in [3.63, 3.8) is 0 Å². The Bertz CT molecular complexity index is 641. The van der Waals surface area contributed by atoms with E-state index in [9.17, 15) is 9.18 Å². The Balaban J connectivity index is 1.72. The molecule has 5 heteroatoms. The van der Waals surface area contributed by atoms with Gasteiger partial charge in [0.15, 0.2) is 0 Å². The molecule has 122 valence electrons. The summed E-state index contributed by atoms with van der Waals surface area (Å²) in [6.45, 7) is 0.611. The summed E-state index contributed by atoms with van der Waals surface area (Å²) < 4.78 is 13.4. The number of hydrogen-bond acceptors (Lipinski definition) is 3. The molecule has 0 aliphatic heterocycles. The van der Waals surface area contributed by atoms with Gasteiger partial charge in [-0.1, -0.05) is 18.2 Å². The number of carbonyl (C=O) groups excluding carboxylic acids is 1. The van der Waals surface area contributed by atoms with Crippen molar-refractivity contribution in [2.75, 3.05) is 37.4 Å². The lowest BCUT2D eigenvalue weighted by Gasteiger charge is -2.13. The maximum Gasteiger partial charge on any atom is 0.239 e. The standard InChI is InChI=1S/C18H22FN3O/c1-22(2)16-9-7-15(8-10-16)21-13-18(23)20-12-11-14-5-3-4-6-17(14)19/h3-10,21H,11-13H2,1-2H3,(H,20,23). The van der Waals surface area contributed by atoms with E-state index in [1.54, 1.807) is 18.2 Å². The number of benzene rings is 2. The van der Waals surface area contributed by atoms with E-state index >= 15 is 0 Å². The molecule has 0 aliphatic rings. The molecule has 4 nitrogen and oxygen atoms in total. The fourth-order valence-electron chi connectivity index (χ4n) is 2.16. The first-order valence-electron chi connectivity index (χ1n) is 7.57. The fraction of sp³-hybridized carbons (Fsp3) is 0.278. The van der Waals surface area contributed by atoms with Gasteiger partial charge < -0.3 is 15.5 Å². The number of nitrogens with one attached hydrogen (secondary N) is 2. The number of rotatable bonds is 7. The van der Waals surface area contributed by atoms with Crippen molar-refractivity contribution < 1.29 is 9.18 Å². The predicted octanol–water partition coefficient (Wildman–Crippen LogP) is 2.66. The van der Waals surface area contributed by atoms with Crippen LogP contribution in [0.1, 0.15) is 5.56 Å². The zero-order chi connectivity index (χ0) is 16.7. The maximum absolute atomic E-state index is 13.4. The number of hydrogen-bond donors (Lipinski definition) is 2. The minimum atomic E-state index is -0.235. The zero-order valence-corrected chi connectivity index (χ0v) is 13.5. The van der Waals surface area contributed by atoms with Crippen molar-refractivity contribution in [1.29, 1.82) is 0 Å². The number of nitrogens with zero attached hydrogens (tertiary/aromatic N) is 1. The van der Waals surface area contributed by atoms with E-state index in [0.29, 0.717) is 18.5 Å². The number of anilines is 2. The van der Waals surface area contributed by atoms with Crippen LogP contribution in [0.3, 0.4) is 0 Å². The smallest absolute Gasteiger partial charge is 0.239 e. The van der Waals surface area contributed by atoms with Crippen LogP contribution in [-0.2, 0) is 11.2 Å². The summed E-state index contributed by atoms with van der Waals surface area (Å²) in [7, 11) is 3.96. The van der Waals surface area contributed by atoms with Crippen molar-refractivity contribution in [1.82, 2.24) is 5.32 Å². The summed E-state index contributed by atoms with van der Waals surface area (Å²) in [5.74, 6) is -0.348. The second kappa shape index (κ2) is 8.17. The molecule has 0 unspecified atom stereocenters. The van der Waals surface area contributed by atoms with Crippen LogP contribution in [-0.4, -0.2) is 33.1 Å². The monoisotopic (exact) mass is 315 g/mol. The fourth-order valence-corrected chi connectivity index (χ4v) is 2.16. The topological polar surface area (TPSA) is 44.4 Å². The molecule has 0 saturated carbocycles. The van der Waals surface area contributed by atoms with Crippen LogP contribution in [0.2, 0.25) is 0 Å². The van der Waals surface area contributed by atoms with Gasteiger partial charge in [0.05, 0.1) is 6.54 Å². The molecule has 0 spiro atoms. The van der Waals surface area contributed by atoms with Gasteiger partial charge in [0, 0.05) is 32.0 Å². The van der Waals surface area contributed by atoms with Crippen LogP contribution in [0.25, 0.3) is 0 Å². The Morgan fingerprint density at radius 2 is 1.78 bits per heavy atom. The largest absolute Gasteiger partial charge is 0.378 e. The first kappa shape index (κ1) is 16.8. The zero-order valence-electron chi connectivity index (χ0n) is 13.5. The minimum absolute atomic E-state index is 0.113. The van der Waals surface area contributed by atoms with Gasteiger partial charge in [-0.05, 0) is 42.3 Å². The van der Waals surface area contributed by atoms with E-state index in [2.05, 4.69) is 10.6 Å². The Hall–Kier alpha value is -2.56. The van der Waals surface area contributed by atoms with Gasteiger partial charge in [0.25, 0.3) is 0 Å². The normalized spacial score (nSPS) is 10.2. The highest BCUT2D eigenvalue weighted by Crippen LogP contribution is 2.15. The lowest BCUT2D eigenvalue weighted by molar-refractivity contribution is -0.119. The molecule has 0 fully saturated rings. The summed E-state index contributed by atoms with van der Waals surface area (Å²) >= 11 is 0. The molecule has 0 heterocycles. The third-order valence-corrected chi connectivity index (χ3v) is 3.51. The molecule has 2 N–H and O–H groups in total. The Kier molecular flexibility index (Phi) is 5.97. The third kappa shape index (κ3) is 5.29. The molecule has 2 aromatic rings. The molecule has 2 aromatic carbocycles. The van der Waals surface area contributed by atoms with Gasteiger partial charge in [-0.2, -0.15) is 0 Å². The van der Waals surface area contributed by atoms with Gasteiger partial charge in [0.2, 0.25) is 5.91 Å². The van der Waals surface area contributed by atoms with Crippen molar-refractivity contribution >= 4 is 17.3 Å². The summed E-state index contributed by atoms with van der Waals surface area (Å²) in [6.07, 6.45) is 0.482. The summed E-state index contributed by atoms with van der Waals surface area (Å²) in [6, 6.07) is 14.4. The molecule has 1 amide bonds. The maximum atomic E-state index is 13.4. The highest BCUT2D eigenvalue weighted by molar-refractivity contribution is 5.80. The number of halogens is 1. The van der Waals surface area contributed by atoms with Crippen molar-refractivity contribution in [2.24, 2.45) is 0 Å². The third-order valence-electron chi connectivity index (χ3n) is 3.51. The molecule has 0 aliphatic carbocycles. The number of carbonyl (C=O) groups is 1. The van der Waals surface area contributed by atoms with Crippen molar-refractivity contribution in [2.45, 2.75) is 6.42 Å². The Morgan fingerprint density at radius 3 is 2.43 bits per heavy atom. The predicted molar refractivity (Wildman–Crippen MR) is 92.4 cm³/mol. The quantitative estimate of drug-likeness (QED) is 0.825. The lowest BCUT2D eigenvalue weighted by atomic mass is 10.1. The van der Waals surface area contributed by atoms with Gasteiger partial charge in [-0.3, -0.25) is 4.79 Å². The molecule has 0 bridgehead atoms. The van der Waals surface area contributed by atoms with Crippen LogP contribution < -0.4 is 15.5 Å². The molecular weight excluding hydrogens is 293 g/mol. The van der Waals surface area contributed by atoms with Crippen molar-refractivity contribution in [3.8, 4) is 0 Å². The van der Waals surface area contributed by atoms with Gasteiger partial charge in [-0.25, -0.2) is 4.39 Å². The second-order valence-electron chi connectivity index (χ2n) is 5.49. The molecule has 2 rings (SSSR count). The Labute approximate surface area is 136 Å². The molecular formula is C18H22FN3O. The first-order valence-corrected chi connectivity index (χ1v) is 7.57. The molecule has 23 heavy (non-hydrogen) atoms. The van der Waals surface area contributed by atoms with Crippen LogP contribution in [0, 0.1) is 5.82 Å². The van der Waals surface area contributed by atoms with E-state index in [1.807, 2.05) is 43.3 Å². The SMILES string of the molecule is CN(C)c1ccc(NCC(=O)NCCc2ccccc2F)cc1. The van der Waals surface area contributed by atoms with E-state index in [4.69, 9.17) is 0 Å². The average Bonchev–Trinajstić information content (AvgIpc) is 2.55. The van der Waals surface area contributed by atoms with E-state index in [0.717, 1.165) is 11.4 Å². The molecule has 0 radical (unpaired) electrons. The van der Waals surface area contributed by atoms with Crippen LogP contribution in [0.5, 0.6) is 0 Å². The molecule has 0 aromatic heterocycles. The minimum Gasteiger partial charge on any atom is -0.378 e.